The van der Waals surface area contributed by atoms with Crippen molar-refractivity contribution in [3.63, 3.8) is 0 Å². The highest BCUT2D eigenvalue weighted by Gasteiger charge is 2.19. The van der Waals surface area contributed by atoms with Crippen LogP contribution in [0.4, 0.5) is 0 Å². The van der Waals surface area contributed by atoms with E-state index in [0.717, 1.165) is 12.8 Å². The van der Waals surface area contributed by atoms with Crippen molar-refractivity contribution in [2.45, 2.75) is 30.7 Å². The molecule has 0 spiro atoms. The summed E-state index contributed by atoms with van der Waals surface area (Å²) in [7, 11) is -3.55. The van der Waals surface area contributed by atoms with Crippen LogP contribution in [-0.2, 0) is 10.0 Å². The van der Waals surface area contributed by atoms with E-state index < -0.39 is 10.0 Å². The minimum atomic E-state index is -3.55. The molecule has 2 rings (SSSR count). The summed E-state index contributed by atoms with van der Waals surface area (Å²) in [5.41, 5.74) is 6.11. The zero-order valence-corrected chi connectivity index (χ0v) is 12.2. The lowest BCUT2D eigenvalue weighted by molar-refractivity contribution is 0.539. The molecule has 2 aromatic rings. The molecule has 5 nitrogen and oxygen atoms in total. The van der Waals surface area contributed by atoms with Gasteiger partial charge in [-0.3, -0.25) is 4.98 Å². The van der Waals surface area contributed by atoms with E-state index in [1.165, 1.54) is 0 Å². The highest BCUT2D eigenvalue weighted by atomic mass is 32.2. The van der Waals surface area contributed by atoms with Crippen LogP contribution in [0.1, 0.15) is 19.8 Å². The molecule has 1 heterocycles. The molecular formula is C14H19N3O2S. The zero-order valence-electron chi connectivity index (χ0n) is 11.4. The number of hydrogen-bond donors (Lipinski definition) is 2. The molecule has 1 unspecified atom stereocenters. The predicted molar refractivity (Wildman–Crippen MR) is 79.8 cm³/mol. The molecule has 1 aromatic carbocycles. The van der Waals surface area contributed by atoms with Crippen LogP contribution in [0.5, 0.6) is 0 Å². The lowest BCUT2D eigenvalue weighted by atomic mass is 10.2. The summed E-state index contributed by atoms with van der Waals surface area (Å²) >= 11 is 0. The van der Waals surface area contributed by atoms with Gasteiger partial charge in [-0.1, -0.05) is 6.07 Å². The number of rotatable bonds is 6. The van der Waals surface area contributed by atoms with Gasteiger partial charge in [-0.2, -0.15) is 0 Å². The summed E-state index contributed by atoms with van der Waals surface area (Å²) < 4.78 is 27.6. The van der Waals surface area contributed by atoms with Gasteiger partial charge in [0.2, 0.25) is 10.0 Å². The average molecular weight is 293 g/mol. The van der Waals surface area contributed by atoms with Gasteiger partial charge in [0.1, 0.15) is 0 Å². The topological polar surface area (TPSA) is 85.1 Å². The molecular weight excluding hydrogens is 274 g/mol. The number of pyridine rings is 1. The van der Waals surface area contributed by atoms with Gasteiger partial charge in [-0.15, -0.1) is 0 Å². The van der Waals surface area contributed by atoms with Crippen LogP contribution in [0.15, 0.2) is 41.4 Å². The fourth-order valence-electron chi connectivity index (χ4n) is 2.12. The van der Waals surface area contributed by atoms with Gasteiger partial charge in [-0.05, 0) is 50.6 Å². The normalized spacial score (nSPS) is 13.5. The summed E-state index contributed by atoms with van der Waals surface area (Å²) in [6, 6.07) is 8.46. The fraction of sp³-hybridized carbons (Fsp3) is 0.357. The van der Waals surface area contributed by atoms with Crippen molar-refractivity contribution in [1.82, 2.24) is 9.71 Å². The van der Waals surface area contributed by atoms with Gasteiger partial charge in [0.15, 0.2) is 0 Å². The molecule has 0 aliphatic rings. The van der Waals surface area contributed by atoms with Crippen molar-refractivity contribution in [2.75, 3.05) is 6.54 Å². The number of nitrogens with two attached hydrogens (primary N) is 1. The molecule has 108 valence electrons. The van der Waals surface area contributed by atoms with Crippen LogP contribution in [0.3, 0.4) is 0 Å². The average Bonchev–Trinajstić information content (AvgIpc) is 2.44. The summed E-state index contributed by atoms with van der Waals surface area (Å²) in [5.74, 6) is 0. The summed E-state index contributed by atoms with van der Waals surface area (Å²) in [6.45, 7) is 2.40. The molecule has 0 fully saturated rings. The quantitative estimate of drug-likeness (QED) is 0.848. The Morgan fingerprint density at radius 2 is 2.10 bits per heavy atom. The fourth-order valence-corrected chi connectivity index (χ4v) is 3.62. The molecule has 0 bridgehead atoms. The number of aromatic nitrogens is 1. The van der Waals surface area contributed by atoms with Crippen molar-refractivity contribution < 1.29 is 8.42 Å². The summed E-state index contributed by atoms with van der Waals surface area (Å²) in [4.78, 5) is 4.44. The van der Waals surface area contributed by atoms with Crippen LogP contribution in [-0.4, -0.2) is 26.0 Å². The lowest BCUT2D eigenvalue weighted by Gasteiger charge is -2.14. The van der Waals surface area contributed by atoms with Crippen molar-refractivity contribution in [3.05, 3.63) is 36.5 Å². The van der Waals surface area contributed by atoms with Gasteiger partial charge in [0.05, 0.1) is 10.4 Å². The van der Waals surface area contributed by atoms with Gasteiger partial charge in [0, 0.05) is 17.6 Å². The first-order valence-electron chi connectivity index (χ1n) is 6.61. The lowest BCUT2D eigenvalue weighted by Crippen LogP contribution is -2.33. The van der Waals surface area contributed by atoms with E-state index in [-0.39, 0.29) is 10.9 Å². The Labute approximate surface area is 119 Å². The maximum Gasteiger partial charge on any atom is 0.241 e. The number of fused-ring (bicyclic) bond motifs is 1. The Balaban J connectivity index is 2.32. The van der Waals surface area contributed by atoms with E-state index >= 15 is 0 Å². The standard InChI is InChI=1S/C14H19N3O2S/c1-11(5-3-9-15)17-20(18,19)14-8-2-7-13-12(14)6-4-10-16-13/h2,4,6-8,10-11,17H,3,5,9,15H2,1H3. The van der Waals surface area contributed by atoms with Gasteiger partial charge in [0.25, 0.3) is 0 Å². The smallest absolute Gasteiger partial charge is 0.241 e. The first-order chi connectivity index (χ1) is 9.54. The number of sulfonamides is 1. The second-order valence-electron chi connectivity index (χ2n) is 4.78. The van der Waals surface area contributed by atoms with Crippen LogP contribution < -0.4 is 10.5 Å². The first-order valence-corrected chi connectivity index (χ1v) is 8.09. The second kappa shape index (κ2) is 6.30. The number of benzene rings is 1. The number of nitrogens with one attached hydrogen (secondary N) is 1. The zero-order chi connectivity index (χ0) is 14.6. The third-order valence-electron chi connectivity index (χ3n) is 3.09. The maximum atomic E-state index is 12.4. The highest BCUT2D eigenvalue weighted by Crippen LogP contribution is 2.21. The third kappa shape index (κ3) is 3.33. The second-order valence-corrected chi connectivity index (χ2v) is 6.46. The van der Waals surface area contributed by atoms with Crippen molar-refractivity contribution in [2.24, 2.45) is 5.73 Å². The van der Waals surface area contributed by atoms with Crippen LogP contribution >= 0.6 is 0 Å². The van der Waals surface area contributed by atoms with Crippen LogP contribution in [0, 0.1) is 0 Å². The molecule has 1 atom stereocenters. The van der Waals surface area contributed by atoms with Crippen molar-refractivity contribution >= 4 is 20.9 Å². The molecule has 0 radical (unpaired) electrons. The molecule has 0 saturated heterocycles. The minimum absolute atomic E-state index is 0.143. The highest BCUT2D eigenvalue weighted by molar-refractivity contribution is 7.89. The molecule has 3 N–H and O–H groups in total. The van der Waals surface area contributed by atoms with Crippen LogP contribution in [0.25, 0.3) is 10.9 Å². The molecule has 1 aromatic heterocycles. The van der Waals surface area contributed by atoms with Crippen LogP contribution in [0.2, 0.25) is 0 Å². The molecule has 6 heteroatoms. The van der Waals surface area contributed by atoms with E-state index in [9.17, 15) is 8.42 Å². The Morgan fingerprint density at radius 1 is 1.30 bits per heavy atom. The summed E-state index contributed by atoms with van der Waals surface area (Å²) in [6.07, 6.45) is 3.16. The monoisotopic (exact) mass is 293 g/mol. The number of hydrogen-bond acceptors (Lipinski definition) is 4. The summed E-state index contributed by atoms with van der Waals surface area (Å²) in [5, 5.41) is 0.633. The Morgan fingerprint density at radius 3 is 2.85 bits per heavy atom. The number of nitrogens with zero attached hydrogens (tertiary/aromatic N) is 1. The first kappa shape index (κ1) is 14.9. The Kier molecular flexibility index (Phi) is 4.69. The third-order valence-corrected chi connectivity index (χ3v) is 4.74. The van der Waals surface area contributed by atoms with E-state index in [2.05, 4.69) is 9.71 Å². The predicted octanol–water partition coefficient (Wildman–Crippen LogP) is 1.64. The Bertz CT molecular complexity index is 680. The minimum Gasteiger partial charge on any atom is -0.330 e. The van der Waals surface area contributed by atoms with E-state index in [1.54, 1.807) is 36.5 Å². The van der Waals surface area contributed by atoms with Gasteiger partial charge < -0.3 is 5.73 Å². The molecule has 0 amide bonds. The molecule has 0 saturated carbocycles. The maximum absolute atomic E-state index is 12.4. The molecule has 0 aliphatic heterocycles. The van der Waals surface area contributed by atoms with Gasteiger partial charge >= 0.3 is 0 Å². The van der Waals surface area contributed by atoms with Crippen molar-refractivity contribution in [3.8, 4) is 0 Å². The van der Waals surface area contributed by atoms with E-state index in [1.807, 2.05) is 6.92 Å². The molecule has 0 aliphatic carbocycles. The molecule has 20 heavy (non-hydrogen) atoms. The Hall–Kier alpha value is -1.50. The SMILES string of the molecule is CC(CCCN)NS(=O)(=O)c1cccc2ncccc12. The van der Waals surface area contributed by atoms with E-state index in [4.69, 9.17) is 5.73 Å². The largest absolute Gasteiger partial charge is 0.330 e. The van der Waals surface area contributed by atoms with E-state index in [0.29, 0.717) is 17.4 Å². The van der Waals surface area contributed by atoms with Gasteiger partial charge in [-0.25, -0.2) is 13.1 Å². The van der Waals surface area contributed by atoms with Crippen molar-refractivity contribution in [1.29, 1.82) is 0 Å².